The first-order valence-corrected chi connectivity index (χ1v) is 6.47. The maximum Gasteiger partial charge on any atom is 0.305 e. The van der Waals surface area contributed by atoms with Gasteiger partial charge in [0.1, 0.15) is 5.75 Å². The van der Waals surface area contributed by atoms with E-state index in [2.05, 4.69) is 12.6 Å². The normalized spacial score (nSPS) is 20.6. The molecule has 1 saturated heterocycles. The van der Waals surface area contributed by atoms with Crippen molar-refractivity contribution in [1.82, 2.24) is 4.90 Å². The Bertz CT molecular complexity index is 505. The summed E-state index contributed by atoms with van der Waals surface area (Å²) in [6.07, 6.45) is 0.133. The minimum absolute atomic E-state index is 0.0574. The van der Waals surface area contributed by atoms with E-state index in [1.807, 2.05) is 0 Å². The van der Waals surface area contributed by atoms with Gasteiger partial charge in [-0.2, -0.15) is 12.6 Å². The van der Waals surface area contributed by atoms with Gasteiger partial charge in [-0.1, -0.05) is 12.1 Å². The van der Waals surface area contributed by atoms with Crippen LogP contribution in [0.5, 0.6) is 5.75 Å². The molecule has 2 unspecified atom stereocenters. The maximum atomic E-state index is 11.9. The summed E-state index contributed by atoms with van der Waals surface area (Å²) in [5.74, 6) is -1.03. The Labute approximate surface area is 116 Å². The highest BCUT2D eigenvalue weighted by atomic mass is 32.1. The van der Waals surface area contributed by atoms with Crippen molar-refractivity contribution in [2.45, 2.75) is 24.1 Å². The summed E-state index contributed by atoms with van der Waals surface area (Å²) in [4.78, 5) is 24.4. The molecule has 0 aromatic heterocycles. The third-order valence-electron chi connectivity index (χ3n) is 3.14. The number of phenolic OH excluding ortho intramolecular Hbond substituents is 1. The molecule has 1 aliphatic heterocycles. The number of carbonyl (C=O) groups is 2. The van der Waals surface area contributed by atoms with Crippen molar-refractivity contribution in [3.8, 4) is 5.75 Å². The smallest absolute Gasteiger partial charge is 0.305 e. The molecule has 102 valence electrons. The molecule has 19 heavy (non-hydrogen) atoms. The molecule has 1 amide bonds. The van der Waals surface area contributed by atoms with E-state index in [1.54, 1.807) is 12.1 Å². The second kappa shape index (κ2) is 5.52. The average molecular weight is 281 g/mol. The number of aliphatic carboxylic acids is 1. The molecule has 1 aliphatic rings. The standard InChI is InChI=1S/C13H15NO4S/c15-9-3-1-2-8(4-9)11(6-13(17)18)14-7-10(19)5-12(14)16/h1-4,10-11,15,19H,5-7H2,(H,17,18). The van der Waals surface area contributed by atoms with Crippen molar-refractivity contribution >= 4 is 24.5 Å². The lowest BCUT2D eigenvalue weighted by Gasteiger charge is -2.27. The van der Waals surface area contributed by atoms with Crippen molar-refractivity contribution < 1.29 is 19.8 Å². The molecule has 2 atom stereocenters. The number of amides is 1. The fourth-order valence-corrected chi connectivity index (χ4v) is 2.65. The van der Waals surface area contributed by atoms with Crippen molar-refractivity contribution in [2.75, 3.05) is 6.54 Å². The van der Waals surface area contributed by atoms with Crippen molar-refractivity contribution in [3.63, 3.8) is 0 Å². The fraction of sp³-hybridized carbons (Fsp3) is 0.385. The summed E-state index contributed by atoms with van der Waals surface area (Å²) in [5.41, 5.74) is 0.623. The van der Waals surface area contributed by atoms with Crippen LogP contribution in [0.3, 0.4) is 0 Å². The zero-order valence-corrected chi connectivity index (χ0v) is 11.1. The molecule has 0 bridgehead atoms. The summed E-state index contributed by atoms with van der Waals surface area (Å²) < 4.78 is 0. The van der Waals surface area contributed by atoms with Crippen LogP contribution in [0.25, 0.3) is 0 Å². The van der Waals surface area contributed by atoms with E-state index in [1.165, 1.54) is 17.0 Å². The van der Waals surface area contributed by atoms with Crippen LogP contribution in [0.4, 0.5) is 0 Å². The van der Waals surface area contributed by atoms with Gasteiger partial charge >= 0.3 is 5.97 Å². The molecule has 2 rings (SSSR count). The number of hydrogen-bond acceptors (Lipinski definition) is 4. The Morgan fingerprint density at radius 2 is 2.26 bits per heavy atom. The summed E-state index contributed by atoms with van der Waals surface area (Å²) in [5, 5.41) is 18.4. The number of thiol groups is 1. The van der Waals surface area contributed by atoms with Crippen LogP contribution in [0.1, 0.15) is 24.4 Å². The van der Waals surface area contributed by atoms with E-state index >= 15 is 0 Å². The van der Waals surface area contributed by atoms with Crippen LogP contribution in [0.15, 0.2) is 24.3 Å². The van der Waals surface area contributed by atoms with Crippen LogP contribution in [0, 0.1) is 0 Å². The van der Waals surface area contributed by atoms with Gasteiger partial charge < -0.3 is 15.1 Å². The van der Waals surface area contributed by atoms with Gasteiger partial charge in [-0.05, 0) is 17.7 Å². The molecule has 1 aromatic carbocycles. The third-order valence-corrected chi connectivity index (χ3v) is 3.48. The van der Waals surface area contributed by atoms with E-state index in [0.717, 1.165) is 0 Å². The minimum Gasteiger partial charge on any atom is -0.508 e. The molecule has 2 N–H and O–H groups in total. The number of benzene rings is 1. The SMILES string of the molecule is O=C(O)CC(c1cccc(O)c1)N1CC(S)CC1=O. The molecule has 0 saturated carbocycles. The van der Waals surface area contributed by atoms with Crippen LogP contribution in [0.2, 0.25) is 0 Å². The monoisotopic (exact) mass is 281 g/mol. The molecule has 0 spiro atoms. The van der Waals surface area contributed by atoms with Crippen molar-refractivity contribution in [3.05, 3.63) is 29.8 Å². The molecule has 0 aliphatic carbocycles. The largest absolute Gasteiger partial charge is 0.508 e. The molecule has 1 fully saturated rings. The average Bonchev–Trinajstić information content (AvgIpc) is 2.65. The number of aromatic hydroxyl groups is 1. The number of carboxylic acid groups (broad SMARTS) is 1. The Kier molecular flexibility index (Phi) is 3.99. The zero-order chi connectivity index (χ0) is 14.0. The van der Waals surface area contributed by atoms with E-state index < -0.39 is 12.0 Å². The van der Waals surface area contributed by atoms with Crippen LogP contribution < -0.4 is 0 Å². The number of phenols is 1. The predicted octanol–water partition coefficient (Wildman–Crippen LogP) is 1.44. The van der Waals surface area contributed by atoms with E-state index in [9.17, 15) is 14.7 Å². The molecular weight excluding hydrogens is 266 g/mol. The van der Waals surface area contributed by atoms with E-state index in [-0.39, 0.29) is 23.3 Å². The lowest BCUT2D eigenvalue weighted by Crippen LogP contribution is -2.32. The molecule has 5 nitrogen and oxygen atoms in total. The van der Waals surface area contributed by atoms with Gasteiger partial charge in [0.05, 0.1) is 12.5 Å². The van der Waals surface area contributed by atoms with Crippen LogP contribution in [-0.4, -0.2) is 38.8 Å². The predicted molar refractivity (Wildman–Crippen MR) is 72.2 cm³/mol. The maximum absolute atomic E-state index is 11.9. The summed E-state index contributed by atoms with van der Waals surface area (Å²) in [6, 6.07) is 5.79. The quantitative estimate of drug-likeness (QED) is 0.730. The second-order valence-corrected chi connectivity index (χ2v) is 5.34. The Morgan fingerprint density at radius 3 is 2.79 bits per heavy atom. The Balaban J connectivity index is 2.30. The molecule has 0 radical (unpaired) electrons. The first-order valence-electron chi connectivity index (χ1n) is 5.95. The first-order chi connectivity index (χ1) is 8.97. The Morgan fingerprint density at radius 1 is 1.53 bits per heavy atom. The van der Waals surface area contributed by atoms with E-state index in [4.69, 9.17) is 5.11 Å². The zero-order valence-electron chi connectivity index (χ0n) is 10.2. The van der Waals surface area contributed by atoms with Gasteiger partial charge in [0.15, 0.2) is 0 Å². The number of likely N-dealkylation sites (tertiary alicyclic amines) is 1. The van der Waals surface area contributed by atoms with Crippen molar-refractivity contribution in [2.24, 2.45) is 0 Å². The molecule has 6 heteroatoms. The highest BCUT2D eigenvalue weighted by Crippen LogP contribution is 2.31. The van der Waals surface area contributed by atoms with E-state index in [0.29, 0.717) is 18.5 Å². The lowest BCUT2D eigenvalue weighted by molar-refractivity contribution is -0.139. The summed E-state index contributed by atoms with van der Waals surface area (Å²) in [7, 11) is 0. The number of carbonyl (C=O) groups excluding carboxylic acids is 1. The summed E-state index contributed by atoms with van der Waals surface area (Å²) in [6.45, 7) is 0.426. The fourth-order valence-electron chi connectivity index (χ4n) is 2.32. The molecular formula is C13H15NO4S. The van der Waals surface area contributed by atoms with Gasteiger partial charge in [-0.15, -0.1) is 0 Å². The molecule has 1 heterocycles. The van der Waals surface area contributed by atoms with Crippen molar-refractivity contribution in [1.29, 1.82) is 0 Å². The van der Waals surface area contributed by atoms with Gasteiger partial charge in [0.2, 0.25) is 5.91 Å². The van der Waals surface area contributed by atoms with Crippen LogP contribution in [-0.2, 0) is 9.59 Å². The number of hydrogen-bond donors (Lipinski definition) is 3. The minimum atomic E-state index is -0.983. The number of carboxylic acids is 1. The van der Waals surface area contributed by atoms with Gasteiger partial charge in [0.25, 0.3) is 0 Å². The number of nitrogens with zero attached hydrogens (tertiary/aromatic N) is 1. The number of rotatable bonds is 4. The van der Waals surface area contributed by atoms with Crippen LogP contribution >= 0.6 is 12.6 Å². The lowest BCUT2D eigenvalue weighted by atomic mass is 10.0. The first kappa shape index (κ1) is 13.7. The second-order valence-electron chi connectivity index (χ2n) is 4.61. The highest BCUT2D eigenvalue weighted by Gasteiger charge is 2.34. The Hall–Kier alpha value is -1.69. The third kappa shape index (κ3) is 3.20. The summed E-state index contributed by atoms with van der Waals surface area (Å²) >= 11 is 4.27. The highest BCUT2D eigenvalue weighted by molar-refractivity contribution is 7.81. The van der Waals surface area contributed by atoms with Gasteiger partial charge in [-0.3, -0.25) is 9.59 Å². The molecule has 1 aromatic rings. The van der Waals surface area contributed by atoms with Gasteiger partial charge in [-0.25, -0.2) is 0 Å². The topological polar surface area (TPSA) is 77.8 Å². The van der Waals surface area contributed by atoms with Gasteiger partial charge in [0, 0.05) is 18.2 Å².